The topological polar surface area (TPSA) is 80.0 Å². The van der Waals surface area contributed by atoms with E-state index in [0.29, 0.717) is 16.4 Å². The SMILES string of the molecule is CCCCCCC(C)NC(=O)c1cnc(NN)c(Cl)c1. The van der Waals surface area contributed by atoms with Crippen molar-refractivity contribution < 1.29 is 4.79 Å². The van der Waals surface area contributed by atoms with Gasteiger partial charge in [-0.2, -0.15) is 0 Å². The Morgan fingerprint density at radius 2 is 2.20 bits per heavy atom. The van der Waals surface area contributed by atoms with Crippen LogP contribution in [0.25, 0.3) is 0 Å². The van der Waals surface area contributed by atoms with E-state index in [0.717, 1.165) is 12.8 Å². The summed E-state index contributed by atoms with van der Waals surface area (Å²) in [5.74, 6) is 5.44. The first kappa shape index (κ1) is 16.7. The molecule has 1 rings (SSSR count). The highest BCUT2D eigenvalue weighted by Crippen LogP contribution is 2.19. The van der Waals surface area contributed by atoms with Crippen LogP contribution in [-0.2, 0) is 0 Å². The number of nitrogens with two attached hydrogens (primary N) is 1. The van der Waals surface area contributed by atoms with Gasteiger partial charge in [0.15, 0.2) is 5.82 Å². The number of nitrogens with zero attached hydrogens (tertiary/aromatic N) is 1. The molecule has 6 heteroatoms. The van der Waals surface area contributed by atoms with Gasteiger partial charge in [-0.1, -0.05) is 44.2 Å². The van der Waals surface area contributed by atoms with Gasteiger partial charge in [0.05, 0.1) is 10.6 Å². The Bertz CT molecular complexity index is 439. The fourth-order valence-corrected chi connectivity index (χ4v) is 2.15. The minimum atomic E-state index is -0.161. The molecule has 0 aromatic carbocycles. The molecule has 5 nitrogen and oxygen atoms in total. The van der Waals surface area contributed by atoms with Crippen molar-refractivity contribution >= 4 is 23.3 Å². The fraction of sp³-hybridized carbons (Fsp3) is 0.571. The molecule has 1 unspecified atom stereocenters. The quantitative estimate of drug-likeness (QED) is 0.391. The molecule has 1 heterocycles. The van der Waals surface area contributed by atoms with Crippen LogP contribution in [0.3, 0.4) is 0 Å². The molecule has 0 saturated carbocycles. The number of aromatic nitrogens is 1. The summed E-state index contributed by atoms with van der Waals surface area (Å²) in [5, 5.41) is 3.28. The molecule has 0 saturated heterocycles. The number of hydrogen-bond donors (Lipinski definition) is 3. The summed E-state index contributed by atoms with van der Waals surface area (Å²) in [4.78, 5) is 16.0. The standard InChI is InChI=1S/C14H23ClN4O/c1-3-4-5-6-7-10(2)18-14(20)11-8-12(15)13(19-16)17-9-11/h8-10H,3-7,16H2,1-2H3,(H,17,19)(H,18,20). The van der Waals surface area contributed by atoms with Gasteiger partial charge in [-0.3, -0.25) is 4.79 Å². The van der Waals surface area contributed by atoms with E-state index in [-0.39, 0.29) is 11.9 Å². The van der Waals surface area contributed by atoms with Crippen molar-refractivity contribution in [2.45, 2.75) is 52.0 Å². The molecule has 1 aromatic heterocycles. The van der Waals surface area contributed by atoms with E-state index in [1.54, 1.807) is 6.07 Å². The zero-order valence-corrected chi connectivity index (χ0v) is 12.8. The highest BCUT2D eigenvalue weighted by atomic mass is 35.5. The monoisotopic (exact) mass is 298 g/mol. The molecule has 4 N–H and O–H groups in total. The molecule has 20 heavy (non-hydrogen) atoms. The first-order valence-corrected chi connectivity index (χ1v) is 7.39. The molecule has 112 valence electrons. The smallest absolute Gasteiger partial charge is 0.253 e. The molecule has 1 aromatic rings. The average Bonchev–Trinajstić information content (AvgIpc) is 2.43. The number of hydrazine groups is 1. The van der Waals surface area contributed by atoms with E-state index < -0.39 is 0 Å². The van der Waals surface area contributed by atoms with Gasteiger partial charge in [-0.25, -0.2) is 10.8 Å². The molecule has 0 aliphatic carbocycles. The van der Waals surface area contributed by atoms with Crippen LogP contribution >= 0.6 is 11.6 Å². The van der Waals surface area contributed by atoms with Gasteiger partial charge in [0.1, 0.15) is 0 Å². The number of nitrogen functional groups attached to an aromatic ring is 1. The van der Waals surface area contributed by atoms with Crippen molar-refractivity contribution in [3.8, 4) is 0 Å². The third-order valence-electron chi connectivity index (χ3n) is 3.11. The second kappa shape index (κ2) is 8.76. The summed E-state index contributed by atoms with van der Waals surface area (Å²) in [6, 6.07) is 1.70. The predicted molar refractivity (Wildman–Crippen MR) is 82.7 cm³/mol. The summed E-state index contributed by atoms with van der Waals surface area (Å²) in [7, 11) is 0. The Labute approximate surface area is 125 Å². The van der Waals surface area contributed by atoms with Crippen LogP contribution in [0.4, 0.5) is 5.82 Å². The summed E-state index contributed by atoms with van der Waals surface area (Å²) >= 11 is 5.94. The molecule has 0 fully saturated rings. The highest BCUT2D eigenvalue weighted by Gasteiger charge is 2.12. The Balaban J connectivity index is 2.47. The van der Waals surface area contributed by atoms with Crippen molar-refractivity contribution in [1.29, 1.82) is 0 Å². The van der Waals surface area contributed by atoms with E-state index in [2.05, 4.69) is 22.7 Å². The maximum Gasteiger partial charge on any atom is 0.253 e. The fourth-order valence-electron chi connectivity index (χ4n) is 1.92. The maximum absolute atomic E-state index is 12.0. The summed E-state index contributed by atoms with van der Waals surface area (Å²) in [5.41, 5.74) is 2.81. The second-order valence-electron chi connectivity index (χ2n) is 4.92. The van der Waals surface area contributed by atoms with Crippen LogP contribution in [0.1, 0.15) is 56.3 Å². The first-order chi connectivity index (χ1) is 9.58. The lowest BCUT2D eigenvalue weighted by Gasteiger charge is -2.14. The number of rotatable bonds is 8. The van der Waals surface area contributed by atoms with Crippen molar-refractivity contribution in [2.24, 2.45) is 5.84 Å². The van der Waals surface area contributed by atoms with Crippen molar-refractivity contribution in [3.05, 3.63) is 22.8 Å². The molecule has 1 amide bonds. The number of amides is 1. The molecule has 0 radical (unpaired) electrons. The predicted octanol–water partition coefficient (Wildman–Crippen LogP) is 3.11. The molecular formula is C14H23ClN4O. The van der Waals surface area contributed by atoms with Crippen LogP contribution in [0.15, 0.2) is 12.3 Å². The van der Waals surface area contributed by atoms with Crippen LogP contribution in [-0.4, -0.2) is 16.9 Å². The molecule has 1 atom stereocenters. The number of pyridine rings is 1. The lowest BCUT2D eigenvalue weighted by Crippen LogP contribution is -2.32. The number of carbonyl (C=O) groups excluding carboxylic acids is 1. The molecule has 0 aliphatic heterocycles. The van der Waals surface area contributed by atoms with Crippen molar-refractivity contribution in [1.82, 2.24) is 10.3 Å². The molecule has 0 aliphatic rings. The average molecular weight is 299 g/mol. The summed E-state index contributed by atoms with van der Waals surface area (Å²) in [6.45, 7) is 4.19. The Morgan fingerprint density at radius 1 is 1.45 bits per heavy atom. The van der Waals surface area contributed by atoms with Gasteiger partial charge >= 0.3 is 0 Å². The van der Waals surface area contributed by atoms with E-state index in [9.17, 15) is 4.79 Å². The number of anilines is 1. The summed E-state index contributed by atoms with van der Waals surface area (Å²) < 4.78 is 0. The lowest BCUT2D eigenvalue weighted by molar-refractivity contribution is 0.0937. The van der Waals surface area contributed by atoms with E-state index >= 15 is 0 Å². The maximum atomic E-state index is 12.0. The van der Waals surface area contributed by atoms with Crippen LogP contribution < -0.4 is 16.6 Å². The Morgan fingerprint density at radius 3 is 2.80 bits per heavy atom. The number of nitrogens with one attached hydrogen (secondary N) is 2. The van der Waals surface area contributed by atoms with Gasteiger partial charge in [-0.05, 0) is 19.4 Å². The van der Waals surface area contributed by atoms with Crippen molar-refractivity contribution in [2.75, 3.05) is 5.43 Å². The largest absolute Gasteiger partial charge is 0.350 e. The van der Waals surface area contributed by atoms with Gasteiger partial charge < -0.3 is 10.7 Å². The van der Waals surface area contributed by atoms with Gasteiger partial charge in [0.25, 0.3) is 5.91 Å². The first-order valence-electron chi connectivity index (χ1n) is 7.01. The minimum absolute atomic E-state index is 0.144. The Hall–Kier alpha value is -1.33. The van der Waals surface area contributed by atoms with E-state index in [4.69, 9.17) is 17.4 Å². The number of halogens is 1. The second-order valence-corrected chi connectivity index (χ2v) is 5.33. The van der Waals surface area contributed by atoms with Crippen LogP contribution in [0.2, 0.25) is 5.02 Å². The van der Waals surface area contributed by atoms with Gasteiger partial charge in [0.2, 0.25) is 0 Å². The number of unbranched alkanes of at least 4 members (excludes halogenated alkanes) is 3. The number of carbonyl (C=O) groups is 1. The normalized spacial score (nSPS) is 12.0. The Kier molecular flexibility index (Phi) is 7.33. The van der Waals surface area contributed by atoms with Crippen LogP contribution in [0.5, 0.6) is 0 Å². The van der Waals surface area contributed by atoms with Gasteiger partial charge in [-0.15, -0.1) is 0 Å². The minimum Gasteiger partial charge on any atom is -0.350 e. The molecule has 0 spiro atoms. The zero-order chi connectivity index (χ0) is 15.0. The third kappa shape index (κ3) is 5.35. The van der Waals surface area contributed by atoms with E-state index in [1.165, 1.54) is 25.5 Å². The van der Waals surface area contributed by atoms with Gasteiger partial charge in [0, 0.05) is 12.2 Å². The van der Waals surface area contributed by atoms with E-state index in [1.807, 2.05) is 6.92 Å². The molecular weight excluding hydrogens is 276 g/mol. The third-order valence-corrected chi connectivity index (χ3v) is 3.40. The highest BCUT2D eigenvalue weighted by molar-refractivity contribution is 6.33. The van der Waals surface area contributed by atoms with Crippen molar-refractivity contribution in [3.63, 3.8) is 0 Å². The molecule has 0 bridgehead atoms. The zero-order valence-electron chi connectivity index (χ0n) is 12.1. The number of hydrogen-bond acceptors (Lipinski definition) is 4. The van der Waals surface area contributed by atoms with Crippen LogP contribution in [0, 0.1) is 0 Å². The summed E-state index contributed by atoms with van der Waals surface area (Å²) in [6.07, 6.45) is 7.24. The lowest BCUT2D eigenvalue weighted by atomic mass is 10.1.